The quantitative estimate of drug-likeness (QED) is 0.791. The maximum absolute atomic E-state index is 5.54. The number of nitrogens with two attached hydrogens (primary N) is 1. The second-order valence-corrected chi connectivity index (χ2v) is 3.32. The van der Waals surface area contributed by atoms with Gasteiger partial charge in [0.15, 0.2) is 0 Å². The van der Waals surface area contributed by atoms with Crippen LogP contribution in [0.25, 0.3) is 0 Å². The molecule has 0 spiro atoms. The number of furan rings is 1. The van der Waals surface area contributed by atoms with E-state index < -0.39 is 0 Å². The van der Waals surface area contributed by atoms with Gasteiger partial charge in [0.05, 0.1) is 30.1 Å². The molecule has 0 aromatic carbocycles. The van der Waals surface area contributed by atoms with Crippen molar-refractivity contribution in [2.24, 2.45) is 0 Å². The van der Waals surface area contributed by atoms with Crippen molar-refractivity contribution in [3.8, 4) is 0 Å². The van der Waals surface area contributed by atoms with E-state index >= 15 is 0 Å². The number of anilines is 1. The number of nitrogens with zero attached hydrogens (tertiary/aromatic N) is 1. The lowest BCUT2D eigenvalue weighted by Gasteiger charge is -2.02. The fourth-order valence-electron chi connectivity index (χ4n) is 1.27. The molecule has 2 heterocycles. The Kier molecular flexibility index (Phi) is 2.99. The third-order valence-electron chi connectivity index (χ3n) is 2.06. The van der Waals surface area contributed by atoms with Crippen LogP contribution >= 0.6 is 0 Å². The Morgan fingerprint density at radius 3 is 2.87 bits per heavy atom. The number of aromatic nitrogens is 1. The number of rotatable bonds is 4. The Morgan fingerprint density at radius 1 is 1.27 bits per heavy atom. The molecule has 4 heteroatoms. The van der Waals surface area contributed by atoms with Crippen LogP contribution in [0.5, 0.6) is 0 Å². The van der Waals surface area contributed by atoms with Crippen molar-refractivity contribution >= 4 is 5.69 Å². The standard InChI is InChI=1S/C11H13N3O/c12-10-1-2-11(14-6-10)7-13-5-9-3-4-15-8-9/h1-4,6,8,13H,5,7,12H2. The highest BCUT2D eigenvalue weighted by molar-refractivity contribution is 5.34. The first-order chi connectivity index (χ1) is 7.34. The van der Waals surface area contributed by atoms with Gasteiger partial charge in [-0.2, -0.15) is 0 Å². The number of hydrogen-bond donors (Lipinski definition) is 2. The molecule has 0 radical (unpaired) electrons. The normalized spacial score (nSPS) is 10.4. The lowest BCUT2D eigenvalue weighted by Crippen LogP contribution is -2.13. The largest absolute Gasteiger partial charge is 0.472 e. The van der Waals surface area contributed by atoms with Crippen LogP contribution in [-0.4, -0.2) is 4.98 Å². The molecule has 0 saturated heterocycles. The zero-order chi connectivity index (χ0) is 10.5. The van der Waals surface area contributed by atoms with Gasteiger partial charge in [-0.15, -0.1) is 0 Å². The van der Waals surface area contributed by atoms with E-state index in [2.05, 4.69) is 10.3 Å². The van der Waals surface area contributed by atoms with Crippen molar-refractivity contribution in [3.05, 3.63) is 48.2 Å². The zero-order valence-electron chi connectivity index (χ0n) is 8.31. The highest BCUT2D eigenvalue weighted by Gasteiger charge is 1.96. The van der Waals surface area contributed by atoms with Crippen LogP contribution in [0, 0.1) is 0 Å². The molecule has 0 aliphatic rings. The van der Waals surface area contributed by atoms with E-state index in [-0.39, 0.29) is 0 Å². The first kappa shape index (κ1) is 9.73. The first-order valence-corrected chi connectivity index (χ1v) is 4.77. The van der Waals surface area contributed by atoms with Gasteiger partial charge in [0.1, 0.15) is 0 Å². The number of nitrogens with one attached hydrogen (secondary N) is 1. The van der Waals surface area contributed by atoms with Crippen LogP contribution in [0.1, 0.15) is 11.3 Å². The van der Waals surface area contributed by atoms with Crippen molar-refractivity contribution in [1.82, 2.24) is 10.3 Å². The van der Waals surface area contributed by atoms with E-state index in [0.717, 1.165) is 24.3 Å². The Morgan fingerprint density at radius 2 is 2.20 bits per heavy atom. The highest BCUT2D eigenvalue weighted by Crippen LogP contribution is 2.02. The lowest BCUT2D eigenvalue weighted by molar-refractivity contribution is 0.560. The van der Waals surface area contributed by atoms with Crippen LogP contribution in [0.15, 0.2) is 41.3 Å². The minimum Gasteiger partial charge on any atom is -0.472 e. The van der Waals surface area contributed by atoms with Crippen molar-refractivity contribution < 1.29 is 4.42 Å². The van der Waals surface area contributed by atoms with E-state index in [1.807, 2.05) is 18.2 Å². The van der Waals surface area contributed by atoms with E-state index in [4.69, 9.17) is 10.2 Å². The Bertz CT molecular complexity index is 394. The summed E-state index contributed by atoms with van der Waals surface area (Å²) >= 11 is 0. The fourth-order valence-corrected chi connectivity index (χ4v) is 1.27. The van der Waals surface area contributed by atoms with Gasteiger partial charge in [-0.25, -0.2) is 0 Å². The summed E-state index contributed by atoms with van der Waals surface area (Å²) in [6.07, 6.45) is 5.05. The summed E-state index contributed by atoms with van der Waals surface area (Å²) in [5.74, 6) is 0. The smallest absolute Gasteiger partial charge is 0.0947 e. The summed E-state index contributed by atoms with van der Waals surface area (Å²) in [7, 11) is 0. The topological polar surface area (TPSA) is 64.1 Å². The lowest BCUT2D eigenvalue weighted by atomic mass is 10.3. The van der Waals surface area contributed by atoms with Crippen LogP contribution in [0.3, 0.4) is 0 Å². The summed E-state index contributed by atoms with van der Waals surface area (Å²) in [5.41, 5.74) is 8.34. The molecule has 0 atom stereocenters. The minimum absolute atomic E-state index is 0.689. The molecule has 4 nitrogen and oxygen atoms in total. The molecule has 0 aliphatic carbocycles. The summed E-state index contributed by atoms with van der Waals surface area (Å²) in [6, 6.07) is 5.70. The Balaban J connectivity index is 1.81. The maximum Gasteiger partial charge on any atom is 0.0947 e. The SMILES string of the molecule is Nc1ccc(CNCc2ccoc2)nc1. The molecule has 0 bridgehead atoms. The predicted molar refractivity (Wildman–Crippen MR) is 57.9 cm³/mol. The molecule has 0 saturated carbocycles. The first-order valence-electron chi connectivity index (χ1n) is 4.77. The summed E-state index contributed by atoms with van der Waals surface area (Å²) in [5, 5.41) is 3.26. The van der Waals surface area contributed by atoms with Crippen molar-refractivity contribution in [2.45, 2.75) is 13.1 Å². The van der Waals surface area contributed by atoms with Crippen LogP contribution in [-0.2, 0) is 13.1 Å². The minimum atomic E-state index is 0.689. The second-order valence-electron chi connectivity index (χ2n) is 3.32. The van der Waals surface area contributed by atoms with E-state index in [0.29, 0.717) is 5.69 Å². The van der Waals surface area contributed by atoms with Gasteiger partial charge < -0.3 is 15.5 Å². The second kappa shape index (κ2) is 4.61. The molecule has 2 aromatic heterocycles. The Labute approximate surface area is 88.1 Å². The molecule has 0 aliphatic heterocycles. The van der Waals surface area contributed by atoms with Gasteiger partial charge in [0.2, 0.25) is 0 Å². The zero-order valence-corrected chi connectivity index (χ0v) is 8.31. The number of pyridine rings is 1. The van der Waals surface area contributed by atoms with E-state index in [9.17, 15) is 0 Å². The van der Waals surface area contributed by atoms with E-state index in [1.54, 1.807) is 18.7 Å². The third-order valence-corrected chi connectivity index (χ3v) is 2.06. The van der Waals surface area contributed by atoms with Crippen LogP contribution in [0.4, 0.5) is 5.69 Å². The monoisotopic (exact) mass is 203 g/mol. The van der Waals surface area contributed by atoms with Crippen LogP contribution < -0.4 is 11.1 Å². The summed E-state index contributed by atoms with van der Waals surface area (Å²) in [4.78, 5) is 4.19. The van der Waals surface area contributed by atoms with Crippen molar-refractivity contribution in [3.63, 3.8) is 0 Å². The van der Waals surface area contributed by atoms with Gasteiger partial charge in [-0.3, -0.25) is 4.98 Å². The molecule has 78 valence electrons. The highest BCUT2D eigenvalue weighted by atomic mass is 16.3. The van der Waals surface area contributed by atoms with Gasteiger partial charge in [0, 0.05) is 18.7 Å². The molecular formula is C11H13N3O. The molecular weight excluding hydrogens is 190 g/mol. The fraction of sp³-hybridized carbons (Fsp3) is 0.182. The van der Waals surface area contributed by atoms with Gasteiger partial charge in [0.25, 0.3) is 0 Å². The van der Waals surface area contributed by atoms with Crippen LogP contribution in [0.2, 0.25) is 0 Å². The number of nitrogen functional groups attached to an aromatic ring is 1. The predicted octanol–water partition coefficient (Wildman–Crippen LogP) is 1.55. The average molecular weight is 203 g/mol. The summed E-state index contributed by atoms with van der Waals surface area (Å²) < 4.78 is 4.96. The number of hydrogen-bond acceptors (Lipinski definition) is 4. The van der Waals surface area contributed by atoms with E-state index in [1.165, 1.54) is 0 Å². The van der Waals surface area contributed by atoms with Gasteiger partial charge in [-0.1, -0.05) is 0 Å². The van der Waals surface area contributed by atoms with Gasteiger partial charge >= 0.3 is 0 Å². The Hall–Kier alpha value is -1.81. The molecule has 0 fully saturated rings. The maximum atomic E-state index is 5.54. The molecule has 3 N–H and O–H groups in total. The third kappa shape index (κ3) is 2.82. The molecule has 2 rings (SSSR count). The summed E-state index contributed by atoms with van der Waals surface area (Å²) in [6.45, 7) is 1.51. The van der Waals surface area contributed by atoms with Crippen molar-refractivity contribution in [1.29, 1.82) is 0 Å². The van der Waals surface area contributed by atoms with Crippen molar-refractivity contribution in [2.75, 3.05) is 5.73 Å². The molecule has 2 aromatic rings. The molecule has 0 unspecified atom stereocenters. The average Bonchev–Trinajstić information content (AvgIpc) is 2.74. The molecule has 15 heavy (non-hydrogen) atoms. The molecule has 0 amide bonds. The van der Waals surface area contributed by atoms with Gasteiger partial charge in [-0.05, 0) is 18.2 Å².